The summed E-state index contributed by atoms with van der Waals surface area (Å²) in [5, 5.41) is 14.0. The van der Waals surface area contributed by atoms with Crippen LogP contribution in [-0.4, -0.2) is 14.3 Å². The van der Waals surface area contributed by atoms with Crippen molar-refractivity contribution >= 4 is 10.9 Å². The number of hydrogen-bond donors (Lipinski definition) is 1. The molecule has 0 spiro atoms. The Morgan fingerprint density at radius 2 is 2.04 bits per heavy atom. The average molecular weight is 389 g/mol. The molecule has 0 saturated heterocycles. The number of alkyl halides is 3. The summed E-state index contributed by atoms with van der Waals surface area (Å²) < 4.78 is 42.1. The minimum atomic E-state index is -4.63. The highest BCUT2D eigenvalue weighted by Crippen LogP contribution is 2.34. The van der Waals surface area contributed by atoms with Gasteiger partial charge in [0.05, 0.1) is 28.9 Å². The lowest BCUT2D eigenvalue weighted by Gasteiger charge is -2.16. The van der Waals surface area contributed by atoms with Crippen molar-refractivity contribution in [3.8, 4) is 6.07 Å². The fraction of sp³-hybridized carbons (Fsp3) is 0.316. The predicted molar refractivity (Wildman–Crippen MR) is 97.6 cm³/mol. The summed E-state index contributed by atoms with van der Waals surface area (Å²) in [5.41, 5.74) is 6.42. The van der Waals surface area contributed by atoms with Gasteiger partial charge in [0.2, 0.25) is 0 Å². The molecule has 2 N–H and O–H groups in total. The van der Waals surface area contributed by atoms with Crippen LogP contribution >= 0.6 is 0 Å². The highest BCUT2D eigenvalue weighted by Gasteiger charge is 2.34. The molecule has 1 atom stereocenters. The van der Waals surface area contributed by atoms with Crippen LogP contribution < -0.4 is 11.3 Å². The molecule has 28 heavy (non-hydrogen) atoms. The van der Waals surface area contributed by atoms with Gasteiger partial charge in [-0.05, 0) is 37.1 Å². The van der Waals surface area contributed by atoms with Gasteiger partial charge in [0, 0.05) is 25.2 Å². The Labute approximate surface area is 158 Å². The van der Waals surface area contributed by atoms with Crippen molar-refractivity contribution in [2.45, 2.75) is 32.6 Å². The van der Waals surface area contributed by atoms with Crippen molar-refractivity contribution in [3.63, 3.8) is 0 Å². The van der Waals surface area contributed by atoms with Crippen LogP contribution in [0.25, 0.3) is 10.9 Å². The van der Waals surface area contributed by atoms with Crippen LogP contribution in [0.15, 0.2) is 29.2 Å². The molecule has 0 aliphatic heterocycles. The summed E-state index contributed by atoms with van der Waals surface area (Å²) in [6.45, 7) is 4.14. The first-order valence-corrected chi connectivity index (χ1v) is 8.53. The number of halogens is 3. The second-order valence-corrected chi connectivity index (χ2v) is 6.53. The summed E-state index contributed by atoms with van der Waals surface area (Å²) in [4.78, 5) is 12.6. The van der Waals surface area contributed by atoms with E-state index in [1.54, 1.807) is 19.3 Å². The lowest BCUT2D eigenvalue weighted by atomic mass is 9.96. The Balaban J connectivity index is 2.22. The first-order valence-electron chi connectivity index (χ1n) is 8.53. The Morgan fingerprint density at radius 1 is 1.36 bits per heavy atom. The lowest BCUT2D eigenvalue weighted by molar-refractivity contribution is -0.137. The molecule has 0 unspecified atom stereocenters. The molecule has 0 fully saturated rings. The second kappa shape index (κ2) is 6.80. The van der Waals surface area contributed by atoms with Crippen LogP contribution in [0.1, 0.15) is 40.9 Å². The van der Waals surface area contributed by atoms with Crippen LogP contribution in [0, 0.1) is 18.3 Å². The number of benzene rings is 1. The van der Waals surface area contributed by atoms with E-state index in [1.165, 1.54) is 15.3 Å². The average Bonchev–Trinajstić information content (AvgIpc) is 3.00. The van der Waals surface area contributed by atoms with E-state index in [-0.39, 0.29) is 11.1 Å². The van der Waals surface area contributed by atoms with Gasteiger partial charge in [-0.3, -0.25) is 9.48 Å². The zero-order valence-electron chi connectivity index (χ0n) is 15.5. The van der Waals surface area contributed by atoms with Gasteiger partial charge in [-0.1, -0.05) is 6.07 Å². The van der Waals surface area contributed by atoms with Crippen molar-refractivity contribution in [3.05, 3.63) is 62.7 Å². The highest BCUT2D eigenvalue weighted by molar-refractivity contribution is 5.85. The Morgan fingerprint density at radius 3 is 2.61 bits per heavy atom. The summed E-state index contributed by atoms with van der Waals surface area (Å²) in [5.74, 6) is 0. The third kappa shape index (κ3) is 3.05. The van der Waals surface area contributed by atoms with Crippen molar-refractivity contribution < 1.29 is 13.2 Å². The summed E-state index contributed by atoms with van der Waals surface area (Å²) in [6, 6.07) is 3.95. The van der Waals surface area contributed by atoms with Gasteiger partial charge in [0.15, 0.2) is 5.52 Å². The number of aryl methyl sites for hydroxylation is 3. The quantitative estimate of drug-likeness (QED) is 0.746. The molecule has 9 heteroatoms. The molecule has 0 bridgehead atoms. The molecule has 6 nitrogen and oxygen atoms in total. The van der Waals surface area contributed by atoms with Gasteiger partial charge >= 0.3 is 6.18 Å². The van der Waals surface area contributed by atoms with E-state index in [9.17, 15) is 18.0 Å². The maximum atomic E-state index is 13.0. The number of rotatable bonds is 3. The van der Waals surface area contributed by atoms with Gasteiger partial charge < -0.3 is 10.3 Å². The molecule has 146 valence electrons. The minimum Gasteiger partial charge on any atom is -0.319 e. The maximum Gasteiger partial charge on any atom is 0.417 e. The van der Waals surface area contributed by atoms with Gasteiger partial charge in [-0.2, -0.15) is 23.5 Å². The molecule has 3 rings (SSSR count). The smallest absolute Gasteiger partial charge is 0.319 e. The van der Waals surface area contributed by atoms with E-state index in [2.05, 4.69) is 5.10 Å². The van der Waals surface area contributed by atoms with Gasteiger partial charge in [0.1, 0.15) is 0 Å². The molecule has 0 saturated carbocycles. The number of hydrogen-bond acceptors (Lipinski definition) is 4. The molecule has 0 amide bonds. The fourth-order valence-corrected chi connectivity index (χ4v) is 3.41. The standard InChI is InChI=1S/C19H18F3N5O/c1-4-27-9-10(2)14-16(18(27)28)25-26(3)17(14)15(24)11-5-6-13(19(20,21)22)12(7-11)8-23/h5-7,9,15H,4,24H2,1-3H3/t15-/m1/s1. The van der Waals surface area contributed by atoms with E-state index >= 15 is 0 Å². The van der Waals surface area contributed by atoms with E-state index in [0.29, 0.717) is 23.2 Å². The van der Waals surface area contributed by atoms with Gasteiger partial charge in [0.25, 0.3) is 5.56 Å². The van der Waals surface area contributed by atoms with Crippen LogP contribution in [0.3, 0.4) is 0 Å². The molecular weight excluding hydrogens is 371 g/mol. The van der Waals surface area contributed by atoms with Crippen molar-refractivity contribution in [2.24, 2.45) is 12.8 Å². The largest absolute Gasteiger partial charge is 0.417 e. The third-order valence-corrected chi connectivity index (χ3v) is 4.76. The molecule has 2 heterocycles. The van der Waals surface area contributed by atoms with E-state index < -0.39 is 23.3 Å². The summed E-state index contributed by atoms with van der Waals surface area (Å²) in [7, 11) is 1.62. The van der Waals surface area contributed by atoms with Gasteiger partial charge in [-0.15, -0.1) is 0 Å². The molecule has 0 radical (unpaired) electrons. The lowest BCUT2D eigenvalue weighted by Crippen LogP contribution is -2.20. The van der Waals surface area contributed by atoms with Crippen molar-refractivity contribution in [2.75, 3.05) is 0 Å². The van der Waals surface area contributed by atoms with Crippen LogP contribution in [0.4, 0.5) is 13.2 Å². The van der Waals surface area contributed by atoms with Crippen molar-refractivity contribution in [1.29, 1.82) is 5.26 Å². The topological polar surface area (TPSA) is 89.6 Å². The minimum absolute atomic E-state index is 0.252. The second-order valence-electron chi connectivity index (χ2n) is 6.53. The van der Waals surface area contributed by atoms with Crippen LogP contribution in [-0.2, 0) is 19.8 Å². The predicted octanol–water partition coefficient (Wildman–Crippen LogP) is 3.00. The first-order chi connectivity index (χ1) is 13.1. The van der Waals surface area contributed by atoms with E-state index in [0.717, 1.165) is 17.7 Å². The molecule has 0 aliphatic rings. The maximum absolute atomic E-state index is 13.0. The third-order valence-electron chi connectivity index (χ3n) is 4.76. The van der Waals surface area contributed by atoms with E-state index in [4.69, 9.17) is 11.0 Å². The molecular formula is C19H18F3N5O. The summed E-state index contributed by atoms with van der Waals surface area (Å²) in [6.07, 6.45) is -2.93. The Bertz CT molecular complexity index is 1170. The number of nitrogens with two attached hydrogens (primary N) is 1. The molecule has 0 aliphatic carbocycles. The fourth-order valence-electron chi connectivity index (χ4n) is 3.41. The molecule has 2 aromatic heterocycles. The molecule has 3 aromatic rings. The van der Waals surface area contributed by atoms with Crippen LogP contribution in [0.5, 0.6) is 0 Å². The normalized spacial score (nSPS) is 12.9. The monoisotopic (exact) mass is 389 g/mol. The summed E-state index contributed by atoms with van der Waals surface area (Å²) >= 11 is 0. The Hall–Kier alpha value is -3.12. The number of aromatic nitrogens is 3. The zero-order chi connectivity index (χ0) is 20.8. The SMILES string of the molecule is CCn1cc(C)c2c([C@H](N)c3ccc(C(F)(F)F)c(C#N)c3)n(C)nc2c1=O. The number of nitriles is 1. The first kappa shape index (κ1) is 19.6. The highest BCUT2D eigenvalue weighted by atomic mass is 19.4. The van der Waals surface area contributed by atoms with Crippen molar-refractivity contribution in [1.82, 2.24) is 14.3 Å². The molecule has 1 aromatic carbocycles. The zero-order valence-corrected chi connectivity index (χ0v) is 15.5. The number of nitrogens with zero attached hydrogens (tertiary/aromatic N) is 4. The number of pyridine rings is 1. The Kier molecular flexibility index (Phi) is 4.77. The van der Waals surface area contributed by atoms with E-state index in [1.807, 2.05) is 13.8 Å². The number of fused-ring (bicyclic) bond motifs is 1. The van der Waals surface area contributed by atoms with Crippen LogP contribution in [0.2, 0.25) is 0 Å². The van der Waals surface area contributed by atoms with Gasteiger partial charge in [-0.25, -0.2) is 0 Å².